The molecule has 1 aromatic heterocycles. The molecule has 0 aliphatic rings. The van der Waals surface area contributed by atoms with Crippen LogP contribution in [-0.4, -0.2) is 15.3 Å². The van der Waals surface area contributed by atoms with Crippen molar-refractivity contribution >= 4 is 21.6 Å². The quantitative estimate of drug-likeness (QED) is 0.729. The average Bonchev–Trinajstić information content (AvgIpc) is 2.56. The van der Waals surface area contributed by atoms with Gasteiger partial charge < -0.3 is 10.8 Å². The number of nitrogen functional groups attached to an aromatic ring is 1. The highest BCUT2D eigenvalue weighted by atomic mass is 79.9. The van der Waals surface area contributed by atoms with Crippen molar-refractivity contribution in [3.63, 3.8) is 0 Å². The van der Waals surface area contributed by atoms with E-state index < -0.39 is 0 Å². The summed E-state index contributed by atoms with van der Waals surface area (Å²) in [5, 5.41) is 15.9. The number of hydrogen-bond donors (Lipinski definition) is 3. The number of H-pyrrole nitrogens is 1. The molecule has 1 aromatic carbocycles. The minimum Gasteiger partial charge on any atom is -0.508 e. The van der Waals surface area contributed by atoms with E-state index in [1.165, 1.54) is 6.20 Å². The van der Waals surface area contributed by atoms with Crippen LogP contribution in [0.1, 0.15) is 0 Å². The molecular formula is C9H8BrN3O. The number of aromatic amines is 1. The van der Waals surface area contributed by atoms with Crippen LogP contribution in [0.5, 0.6) is 5.75 Å². The summed E-state index contributed by atoms with van der Waals surface area (Å²) in [6.45, 7) is 0. The lowest BCUT2D eigenvalue weighted by Crippen LogP contribution is -1.87. The number of nitrogens with one attached hydrogen (secondary N) is 1. The van der Waals surface area contributed by atoms with Gasteiger partial charge in [-0.2, -0.15) is 5.10 Å². The van der Waals surface area contributed by atoms with Crippen LogP contribution in [0.2, 0.25) is 0 Å². The van der Waals surface area contributed by atoms with E-state index in [4.69, 9.17) is 5.73 Å². The smallest absolute Gasteiger partial charge is 0.116 e. The Bertz CT molecular complexity index is 467. The number of phenols is 1. The van der Waals surface area contributed by atoms with Crippen LogP contribution < -0.4 is 5.73 Å². The first-order valence-corrected chi connectivity index (χ1v) is 4.75. The summed E-state index contributed by atoms with van der Waals surface area (Å²) < 4.78 is 0.853. The van der Waals surface area contributed by atoms with E-state index >= 15 is 0 Å². The van der Waals surface area contributed by atoms with E-state index in [-0.39, 0.29) is 5.75 Å². The van der Waals surface area contributed by atoms with E-state index in [0.717, 1.165) is 10.0 Å². The highest BCUT2D eigenvalue weighted by Gasteiger charge is 2.08. The zero-order valence-corrected chi connectivity index (χ0v) is 8.75. The Morgan fingerprint density at radius 3 is 2.86 bits per heavy atom. The first-order valence-electron chi connectivity index (χ1n) is 3.96. The molecule has 0 amide bonds. The normalized spacial score (nSPS) is 10.4. The maximum absolute atomic E-state index is 9.33. The van der Waals surface area contributed by atoms with Gasteiger partial charge in [-0.1, -0.05) is 15.9 Å². The predicted octanol–water partition coefficient (Wildman–Crippen LogP) is 2.13. The molecule has 0 aliphatic carbocycles. The lowest BCUT2D eigenvalue weighted by atomic mass is 10.1. The molecule has 0 bridgehead atoms. The number of phenolic OH excluding ortho intramolecular Hbond substituents is 1. The zero-order chi connectivity index (χ0) is 10.1. The monoisotopic (exact) mass is 253 g/mol. The van der Waals surface area contributed by atoms with Crippen molar-refractivity contribution < 1.29 is 5.11 Å². The number of aromatic hydroxyl groups is 1. The minimum absolute atomic E-state index is 0.192. The fraction of sp³-hybridized carbons (Fsp3) is 0. The van der Waals surface area contributed by atoms with Crippen molar-refractivity contribution in [1.29, 1.82) is 0 Å². The third-order valence-electron chi connectivity index (χ3n) is 1.89. The number of benzene rings is 1. The lowest BCUT2D eigenvalue weighted by Gasteiger charge is -2.03. The molecule has 72 valence electrons. The van der Waals surface area contributed by atoms with Gasteiger partial charge in [-0.3, -0.25) is 5.10 Å². The number of hydrogen-bond acceptors (Lipinski definition) is 3. The molecule has 5 heteroatoms. The molecule has 4 N–H and O–H groups in total. The molecule has 0 spiro atoms. The van der Waals surface area contributed by atoms with Gasteiger partial charge in [0.25, 0.3) is 0 Å². The number of anilines is 1. The van der Waals surface area contributed by atoms with Crippen molar-refractivity contribution in [2.75, 3.05) is 5.73 Å². The molecule has 0 aliphatic heterocycles. The summed E-state index contributed by atoms with van der Waals surface area (Å²) in [5.74, 6) is 0.192. The molecule has 1 heterocycles. The van der Waals surface area contributed by atoms with Crippen molar-refractivity contribution in [2.45, 2.75) is 0 Å². The van der Waals surface area contributed by atoms with Crippen molar-refractivity contribution in [2.24, 2.45) is 0 Å². The fourth-order valence-corrected chi connectivity index (χ4v) is 1.66. The first kappa shape index (κ1) is 9.08. The van der Waals surface area contributed by atoms with Crippen LogP contribution in [0.3, 0.4) is 0 Å². The third-order valence-corrected chi connectivity index (χ3v) is 2.58. The third kappa shape index (κ3) is 1.46. The van der Waals surface area contributed by atoms with Gasteiger partial charge in [0, 0.05) is 10.0 Å². The maximum Gasteiger partial charge on any atom is 0.116 e. The summed E-state index contributed by atoms with van der Waals surface area (Å²) in [6.07, 6.45) is 1.53. The van der Waals surface area contributed by atoms with Crippen molar-refractivity contribution in [3.05, 3.63) is 28.9 Å². The van der Waals surface area contributed by atoms with E-state index in [1.807, 2.05) is 0 Å². The Kier molecular flexibility index (Phi) is 2.17. The molecule has 2 rings (SSSR count). The van der Waals surface area contributed by atoms with Crippen LogP contribution >= 0.6 is 15.9 Å². The molecule has 0 radical (unpaired) electrons. The Balaban J connectivity index is 2.62. The average molecular weight is 254 g/mol. The number of nitrogens with two attached hydrogens (primary N) is 1. The maximum atomic E-state index is 9.33. The Labute approximate surface area is 88.9 Å². The van der Waals surface area contributed by atoms with Gasteiger partial charge in [-0.05, 0) is 18.2 Å². The highest BCUT2D eigenvalue weighted by Crippen LogP contribution is 2.32. The van der Waals surface area contributed by atoms with Gasteiger partial charge in [0.05, 0.1) is 17.6 Å². The van der Waals surface area contributed by atoms with Crippen LogP contribution in [0.4, 0.5) is 5.69 Å². The summed E-state index contributed by atoms with van der Waals surface area (Å²) in [5.41, 5.74) is 7.74. The summed E-state index contributed by atoms with van der Waals surface area (Å²) >= 11 is 3.37. The van der Waals surface area contributed by atoms with E-state index in [9.17, 15) is 5.11 Å². The second kappa shape index (κ2) is 3.34. The minimum atomic E-state index is 0.192. The molecular weight excluding hydrogens is 246 g/mol. The SMILES string of the molecule is Nc1cn[nH]c1-c1cc(O)ccc1Br. The standard InChI is InChI=1S/C9H8BrN3O/c10-7-2-1-5(14)3-6(7)9-8(11)4-12-13-9/h1-4,14H,11H2,(H,12,13). The van der Waals surface area contributed by atoms with Crippen LogP contribution in [0, 0.1) is 0 Å². The number of aromatic nitrogens is 2. The Morgan fingerprint density at radius 1 is 1.43 bits per heavy atom. The van der Waals surface area contributed by atoms with Gasteiger partial charge in [0.15, 0.2) is 0 Å². The predicted molar refractivity (Wildman–Crippen MR) is 57.8 cm³/mol. The fourth-order valence-electron chi connectivity index (χ4n) is 1.22. The lowest BCUT2D eigenvalue weighted by molar-refractivity contribution is 0.475. The topological polar surface area (TPSA) is 74.9 Å². The molecule has 4 nitrogen and oxygen atoms in total. The molecule has 2 aromatic rings. The Morgan fingerprint density at radius 2 is 2.21 bits per heavy atom. The van der Waals surface area contributed by atoms with Crippen LogP contribution in [-0.2, 0) is 0 Å². The van der Waals surface area contributed by atoms with Gasteiger partial charge in [0.1, 0.15) is 5.75 Å². The largest absolute Gasteiger partial charge is 0.508 e. The van der Waals surface area contributed by atoms with Gasteiger partial charge in [-0.25, -0.2) is 0 Å². The van der Waals surface area contributed by atoms with E-state index in [1.54, 1.807) is 18.2 Å². The summed E-state index contributed by atoms with van der Waals surface area (Å²) in [4.78, 5) is 0. The van der Waals surface area contributed by atoms with Gasteiger partial charge >= 0.3 is 0 Å². The molecule has 14 heavy (non-hydrogen) atoms. The number of halogens is 1. The Hall–Kier alpha value is -1.49. The molecule has 0 unspecified atom stereocenters. The van der Waals surface area contributed by atoms with E-state index in [0.29, 0.717) is 11.4 Å². The summed E-state index contributed by atoms with van der Waals surface area (Å²) in [7, 11) is 0. The van der Waals surface area contributed by atoms with Gasteiger partial charge in [0.2, 0.25) is 0 Å². The molecule has 0 fully saturated rings. The second-order valence-corrected chi connectivity index (χ2v) is 3.72. The van der Waals surface area contributed by atoms with Gasteiger partial charge in [-0.15, -0.1) is 0 Å². The second-order valence-electron chi connectivity index (χ2n) is 2.86. The van der Waals surface area contributed by atoms with Crippen molar-refractivity contribution in [1.82, 2.24) is 10.2 Å². The molecule has 0 saturated carbocycles. The van der Waals surface area contributed by atoms with E-state index in [2.05, 4.69) is 26.1 Å². The molecule has 0 atom stereocenters. The van der Waals surface area contributed by atoms with Crippen LogP contribution in [0.15, 0.2) is 28.9 Å². The molecule has 0 saturated heterocycles. The van der Waals surface area contributed by atoms with Crippen molar-refractivity contribution in [3.8, 4) is 17.0 Å². The highest BCUT2D eigenvalue weighted by molar-refractivity contribution is 9.10. The number of rotatable bonds is 1. The zero-order valence-electron chi connectivity index (χ0n) is 7.16. The number of nitrogens with zero attached hydrogens (tertiary/aromatic N) is 1. The first-order chi connectivity index (χ1) is 6.68. The summed E-state index contributed by atoms with van der Waals surface area (Å²) in [6, 6.07) is 4.97. The van der Waals surface area contributed by atoms with Crippen LogP contribution in [0.25, 0.3) is 11.3 Å².